The maximum atomic E-state index is 5.51. The molecule has 0 aliphatic heterocycles. The molecule has 13 heavy (non-hydrogen) atoms. The average molecular weight is 199 g/mol. The van der Waals surface area contributed by atoms with Crippen LogP contribution in [0.15, 0.2) is 0 Å². The summed E-state index contributed by atoms with van der Waals surface area (Å²) in [5.41, 5.74) is 0.924. The second-order valence-electron chi connectivity index (χ2n) is 3.26. The summed E-state index contributed by atoms with van der Waals surface area (Å²) in [5, 5.41) is 8.04. The van der Waals surface area contributed by atoms with Crippen LogP contribution in [0.1, 0.15) is 18.5 Å². The topological polar surface area (TPSA) is 47.0 Å². The van der Waals surface area contributed by atoms with Crippen LogP contribution in [0.25, 0.3) is 0 Å². The van der Waals surface area contributed by atoms with Gasteiger partial charge in [-0.1, -0.05) is 4.49 Å². The predicted octanol–water partition coefficient (Wildman–Crippen LogP) is 1.51. The van der Waals surface area contributed by atoms with E-state index in [2.05, 4.69) is 14.9 Å². The first kappa shape index (κ1) is 8.90. The summed E-state index contributed by atoms with van der Waals surface area (Å²) in [7, 11) is 1.87. The Hall–Kier alpha value is -0.680. The molecule has 1 N–H and O–H groups in total. The summed E-state index contributed by atoms with van der Waals surface area (Å²) in [4.78, 5) is 0. The minimum absolute atomic E-state index is 0.586. The normalized spacial score (nSPS) is 16.1. The lowest BCUT2D eigenvalue weighted by Gasteiger charge is -2.01. The van der Waals surface area contributed by atoms with Gasteiger partial charge in [0.05, 0.1) is 6.61 Å². The number of anilines is 1. The molecule has 2 rings (SSSR count). The molecule has 0 saturated heterocycles. The third-order valence-corrected chi connectivity index (χ3v) is 2.86. The van der Waals surface area contributed by atoms with Gasteiger partial charge in [-0.05, 0) is 18.8 Å². The number of hydrogen-bond donors (Lipinski definition) is 1. The summed E-state index contributed by atoms with van der Waals surface area (Å²) < 4.78 is 9.36. The first-order valence-corrected chi connectivity index (χ1v) is 5.24. The fourth-order valence-corrected chi connectivity index (χ4v) is 1.62. The lowest BCUT2D eigenvalue weighted by atomic mass is 10.4. The number of ether oxygens (including phenoxy) is 1. The van der Waals surface area contributed by atoms with E-state index in [-0.39, 0.29) is 0 Å². The molecule has 1 aliphatic rings. The second-order valence-corrected chi connectivity index (χ2v) is 4.01. The lowest BCUT2D eigenvalue weighted by molar-refractivity contribution is 0.109. The second kappa shape index (κ2) is 4.02. The first-order chi connectivity index (χ1) is 6.40. The van der Waals surface area contributed by atoms with Gasteiger partial charge in [-0.2, -0.15) is 0 Å². The third kappa shape index (κ3) is 2.38. The van der Waals surface area contributed by atoms with Crippen LogP contribution in [0.3, 0.4) is 0 Å². The zero-order valence-electron chi connectivity index (χ0n) is 7.62. The highest BCUT2D eigenvalue weighted by atomic mass is 32.1. The molecule has 0 unspecified atom stereocenters. The molecular formula is C8H13N3OS. The Morgan fingerprint density at radius 1 is 1.62 bits per heavy atom. The van der Waals surface area contributed by atoms with Crippen LogP contribution in [0, 0.1) is 5.92 Å². The molecule has 5 heteroatoms. The third-order valence-electron chi connectivity index (χ3n) is 2.07. The highest BCUT2D eigenvalue weighted by molar-refractivity contribution is 7.10. The molecule has 1 saturated carbocycles. The summed E-state index contributed by atoms with van der Waals surface area (Å²) in [6.45, 7) is 1.46. The van der Waals surface area contributed by atoms with Crippen molar-refractivity contribution in [3.63, 3.8) is 0 Å². The maximum Gasteiger partial charge on any atom is 0.135 e. The highest BCUT2D eigenvalue weighted by Gasteiger charge is 2.21. The molecule has 1 heterocycles. The molecule has 0 amide bonds. The van der Waals surface area contributed by atoms with Crippen molar-refractivity contribution in [3.05, 3.63) is 5.69 Å². The first-order valence-electron chi connectivity index (χ1n) is 4.47. The van der Waals surface area contributed by atoms with Gasteiger partial charge in [-0.15, -0.1) is 5.10 Å². The monoisotopic (exact) mass is 199 g/mol. The SMILES string of the molecule is CNc1snnc1COCC1CC1. The fourth-order valence-electron chi connectivity index (χ4n) is 1.10. The number of nitrogens with zero attached hydrogens (tertiary/aromatic N) is 2. The Morgan fingerprint density at radius 2 is 2.46 bits per heavy atom. The molecule has 0 aromatic carbocycles. The van der Waals surface area contributed by atoms with E-state index < -0.39 is 0 Å². The van der Waals surface area contributed by atoms with Crippen LogP contribution in [0.2, 0.25) is 0 Å². The number of rotatable bonds is 5. The molecule has 1 aromatic rings. The molecule has 72 valence electrons. The zero-order valence-corrected chi connectivity index (χ0v) is 8.43. The molecular weight excluding hydrogens is 186 g/mol. The molecule has 0 radical (unpaired) electrons. The van der Waals surface area contributed by atoms with Gasteiger partial charge >= 0.3 is 0 Å². The van der Waals surface area contributed by atoms with Crippen LogP contribution in [0.5, 0.6) is 0 Å². The van der Waals surface area contributed by atoms with E-state index in [0.717, 1.165) is 23.2 Å². The van der Waals surface area contributed by atoms with Crippen LogP contribution in [-0.2, 0) is 11.3 Å². The van der Waals surface area contributed by atoms with E-state index in [1.54, 1.807) is 0 Å². The molecule has 0 bridgehead atoms. The van der Waals surface area contributed by atoms with Gasteiger partial charge in [0, 0.05) is 25.2 Å². The van der Waals surface area contributed by atoms with Crippen LogP contribution < -0.4 is 5.32 Å². The van der Waals surface area contributed by atoms with E-state index >= 15 is 0 Å². The zero-order chi connectivity index (χ0) is 9.10. The average Bonchev–Trinajstić information content (AvgIpc) is 2.84. The number of aromatic nitrogens is 2. The van der Waals surface area contributed by atoms with E-state index in [9.17, 15) is 0 Å². The number of hydrogen-bond acceptors (Lipinski definition) is 5. The van der Waals surface area contributed by atoms with Crippen molar-refractivity contribution in [3.8, 4) is 0 Å². The van der Waals surface area contributed by atoms with Crippen molar-refractivity contribution in [2.45, 2.75) is 19.4 Å². The summed E-state index contributed by atoms with van der Waals surface area (Å²) >= 11 is 1.37. The minimum atomic E-state index is 0.586. The van der Waals surface area contributed by atoms with Gasteiger partial charge in [0.1, 0.15) is 10.7 Å². The lowest BCUT2D eigenvalue weighted by Crippen LogP contribution is -1.99. The van der Waals surface area contributed by atoms with E-state index in [4.69, 9.17) is 4.74 Å². The molecule has 0 spiro atoms. The van der Waals surface area contributed by atoms with Crippen molar-refractivity contribution in [2.75, 3.05) is 19.0 Å². The van der Waals surface area contributed by atoms with Gasteiger partial charge in [0.25, 0.3) is 0 Å². The standard InChI is InChI=1S/C8H13N3OS/c1-9-8-7(10-11-13-8)5-12-4-6-2-3-6/h6,9H,2-5H2,1H3. The minimum Gasteiger partial charge on any atom is -0.377 e. The Kier molecular flexibility index (Phi) is 2.75. The number of nitrogens with one attached hydrogen (secondary N) is 1. The van der Waals surface area contributed by atoms with Crippen molar-refractivity contribution < 1.29 is 4.74 Å². The van der Waals surface area contributed by atoms with Crippen LogP contribution in [-0.4, -0.2) is 23.2 Å². The summed E-state index contributed by atoms with van der Waals surface area (Å²) in [6, 6.07) is 0. The summed E-state index contributed by atoms with van der Waals surface area (Å²) in [5.74, 6) is 0.810. The van der Waals surface area contributed by atoms with Gasteiger partial charge in [0.15, 0.2) is 0 Å². The van der Waals surface area contributed by atoms with Crippen molar-refractivity contribution in [1.82, 2.24) is 9.59 Å². The molecule has 1 fully saturated rings. The van der Waals surface area contributed by atoms with Crippen LogP contribution in [0.4, 0.5) is 5.00 Å². The van der Waals surface area contributed by atoms with Crippen molar-refractivity contribution >= 4 is 16.5 Å². The van der Waals surface area contributed by atoms with Crippen molar-refractivity contribution in [1.29, 1.82) is 0 Å². The Morgan fingerprint density at radius 3 is 3.15 bits per heavy atom. The van der Waals surface area contributed by atoms with E-state index in [1.165, 1.54) is 24.4 Å². The van der Waals surface area contributed by atoms with Gasteiger partial charge < -0.3 is 10.1 Å². The Bertz CT molecular complexity index is 272. The smallest absolute Gasteiger partial charge is 0.135 e. The quantitative estimate of drug-likeness (QED) is 0.780. The van der Waals surface area contributed by atoms with E-state index in [1.807, 2.05) is 7.05 Å². The molecule has 1 aromatic heterocycles. The molecule has 4 nitrogen and oxygen atoms in total. The van der Waals surface area contributed by atoms with Gasteiger partial charge in [-0.3, -0.25) is 0 Å². The maximum absolute atomic E-state index is 5.51. The molecule has 0 atom stereocenters. The van der Waals surface area contributed by atoms with Crippen LogP contribution >= 0.6 is 11.5 Å². The van der Waals surface area contributed by atoms with Gasteiger partial charge in [-0.25, -0.2) is 0 Å². The highest BCUT2D eigenvalue weighted by Crippen LogP contribution is 2.29. The largest absolute Gasteiger partial charge is 0.377 e. The fraction of sp³-hybridized carbons (Fsp3) is 0.750. The Labute approximate surface area is 81.5 Å². The summed E-state index contributed by atoms with van der Waals surface area (Å²) in [6.07, 6.45) is 2.66. The Balaban J connectivity index is 1.78. The van der Waals surface area contributed by atoms with Gasteiger partial charge in [0.2, 0.25) is 0 Å². The molecule has 1 aliphatic carbocycles. The van der Waals surface area contributed by atoms with Crippen molar-refractivity contribution in [2.24, 2.45) is 5.92 Å². The van der Waals surface area contributed by atoms with E-state index in [0.29, 0.717) is 6.61 Å². The predicted molar refractivity (Wildman–Crippen MR) is 51.8 cm³/mol.